The second-order valence-electron chi connectivity index (χ2n) is 5.20. The molecule has 0 amide bonds. The van der Waals surface area contributed by atoms with Crippen molar-refractivity contribution in [2.24, 2.45) is 0 Å². The third kappa shape index (κ3) is 3.70. The van der Waals surface area contributed by atoms with Gasteiger partial charge in [-0.1, -0.05) is 15.9 Å². The number of piperazine rings is 1. The molecule has 1 fully saturated rings. The number of nitrogens with zero attached hydrogens (tertiary/aromatic N) is 1. The van der Waals surface area contributed by atoms with Gasteiger partial charge < -0.3 is 15.3 Å². The zero-order valence-corrected chi connectivity index (χ0v) is 12.8. The first-order chi connectivity index (χ1) is 8.95. The molecular formula is C14H19BrN2O2. The quantitative estimate of drug-likeness (QED) is 0.895. The first-order valence-corrected chi connectivity index (χ1v) is 7.24. The van der Waals surface area contributed by atoms with Crippen LogP contribution in [-0.2, 0) is 4.79 Å². The standard InChI is InChI=1S/C14H19BrN2O2/c1-9-5-11(15)3-4-13(9)17-7-10(2)16-12(8-17)6-14(18)19/h3-5,10,12,16H,6-8H2,1-2H3,(H,18,19). The molecule has 0 saturated carbocycles. The predicted octanol–water partition coefficient (Wildman–Crippen LogP) is 2.40. The zero-order chi connectivity index (χ0) is 14.0. The number of benzene rings is 1. The molecule has 1 saturated heterocycles. The lowest BCUT2D eigenvalue weighted by atomic mass is 10.1. The molecule has 2 rings (SSSR count). The molecule has 0 aromatic heterocycles. The van der Waals surface area contributed by atoms with Gasteiger partial charge in [-0.2, -0.15) is 0 Å². The number of nitrogens with one attached hydrogen (secondary N) is 1. The Morgan fingerprint density at radius 2 is 2.26 bits per heavy atom. The number of anilines is 1. The second-order valence-corrected chi connectivity index (χ2v) is 6.11. The number of hydrogen-bond donors (Lipinski definition) is 2. The average molecular weight is 327 g/mol. The number of carboxylic acid groups (broad SMARTS) is 1. The first-order valence-electron chi connectivity index (χ1n) is 6.44. The van der Waals surface area contributed by atoms with E-state index in [2.05, 4.69) is 52.1 Å². The summed E-state index contributed by atoms with van der Waals surface area (Å²) in [5.74, 6) is -0.751. The number of hydrogen-bond acceptors (Lipinski definition) is 3. The number of carboxylic acids is 1. The Morgan fingerprint density at radius 3 is 2.89 bits per heavy atom. The maximum Gasteiger partial charge on any atom is 0.304 e. The molecule has 2 N–H and O–H groups in total. The van der Waals surface area contributed by atoms with E-state index in [9.17, 15) is 4.79 Å². The molecule has 1 aromatic carbocycles. The van der Waals surface area contributed by atoms with Gasteiger partial charge >= 0.3 is 5.97 Å². The van der Waals surface area contributed by atoms with Crippen LogP contribution < -0.4 is 10.2 Å². The van der Waals surface area contributed by atoms with Gasteiger partial charge in [0.15, 0.2) is 0 Å². The Balaban J connectivity index is 2.16. The molecule has 0 spiro atoms. The van der Waals surface area contributed by atoms with Crippen molar-refractivity contribution in [1.82, 2.24) is 5.32 Å². The van der Waals surface area contributed by atoms with Crippen molar-refractivity contribution in [3.63, 3.8) is 0 Å². The summed E-state index contributed by atoms with van der Waals surface area (Å²) in [5.41, 5.74) is 2.39. The van der Waals surface area contributed by atoms with Crippen molar-refractivity contribution < 1.29 is 9.90 Å². The molecule has 4 nitrogen and oxygen atoms in total. The van der Waals surface area contributed by atoms with E-state index in [0.29, 0.717) is 6.04 Å². The smallest absolute Gasteiger partial charge is 0.304 e. The first kappa shape index (κ1) is 14.3. The molecule has 1 aliphatic heterocycles. The summed E-state index contributed by atoms with van der Waals surface area (Å²) in [6, 6.07) is 6.51. The number of rotatable bonds is 3. The highest BCUT2D eigenvalue weighted by molar-refractivity contribution is 9.10. The number of carbonyl (C=O) groups is 1. The SMILES string of the molecule is Cc1cc(Br)ccc1N1CC(C)NC(CC(=O)O)C1. The summed E-state index contributed by atoms with van der Waals surface area (Å²) in [6.07, 6.45) is 0.163. The zero-order valence-electron chi connectivity index (χ0n) is 11.2. The maximum atomic E-state index is 10.9. The molecule has 19 heavy (non-hydrogen) atoms. The number of aliphatic carboxylic acids is 1. The summed E-state index contributed by atoms with van der Waals surface area (Å²) in [5, 5.41) is 12.3. The van der Waals surface area contributed by atoms with E-state index in [0.717, 1.165) is 17.6 Å². The Kier molecular flexibility index (Phi) is 4.47. The van der Waals surface area contributed by atoms with Gasteiger partial charge in [-0.05, 0) is 37.6 Å². The predicted molar refractivity (Wildman–Crippen MR) is 79.7 cm³/mol. The van der Waals surface area contributed by atoms with Crippen molar-refractivity contribution in [2.45, 2.75) is 32.4 Å². The van der Waals surface area contributed by atoms with Gasteiger partial charge in [0.1, 0.15) is 0 Å². The van der Waals surface area contributed by atoms with E-state index < -0.39 is 5.97 Å². The van der Waals surface area contributed by atoms with Crippen molar-refractivity contribution in [1.29, 1.82) is 0 Å². The van der Waals surface area contributed by atoms with Gasteiger partial charge in [-0.15, -0.1) is 0 Å². The molecule has 0 radical (unpaired) electrons. The largest absolute Gasteiger partial charge is 0.481 e. The molecular weight excluding hydrogens is 308 g/mol. The Labute approximate surface area is 121 Å². The Morgan fingerprint density at radius 1 is 1.53 bits per heavy atom. The van der Waals surface area contributed by atoms with Gasteiger partial charge in [0.05, 0.1) is 6.42 Å². The van der Waals surface area contributed by atoms with Crippen LogP contribution in [0.1, 0.15) is 18.9 Å². The van der Waals surface area contributed by atoms with E-state index in [4.69, 9.17) is 5.11 Å². The van der Waals surface area contributed by atoms with Crippen LogP contribution in [0.4, 0.5) is 5.69 Å². The van der Waals surface area contributed by atoms with Gasteiger partial charge in [0.2, 0.25) is 0 Å². The summed E-state index contributed by atoms with van der Waals surface area (Å²) in [4.78, 5) is 13.1. The van der Waals surface area contributed by atoms with E-state index >= 15 is 0 Å². The summed E-state index contributed by atoms with van der Waals surface area (Å²) in [7, 11) is 0. The molecule has 2 unspecified atom stereocenters. The Hall–Kier alpha value is -1.07. The molecule has 1 heterocycles. The minimum absolute atomic E-state index is 0.00398. The fraction of sp³-hybridized carbons (Fsp3) is 0.500. The summed E-state index contributed by atoms with van der Waals surface area (Å²) >= 11 is 3.47. The molecule has 2 atom stereocenters. The van der Waals surface area contributed by atoms with E-state index in [1.54, 1.807) is 0 Å². The minimum atomic E-state index is -0.751. The van der Waals surface area contributed by atoms with Crippen LogP contribution in [0.25, 0.3) is 0 Å². The summed E-state index contributed by atoms with van der Waals surface area (Å²) < 4.78 is 1.07. The third-order valence-corrected chi connectivity index (χ3v) is 3.87. The topological polar surface area (TPSA) is 52.6 Å². The van der Waals surface area contributed by atoms with Crippen LogP contribution in [0.3, 0.4) is 0 Å². The Bertz CT molecular complexity index is 479. The highest BCUT2D eigenvalue weighted by atomic mass is 79.9. The van der Waals surface area contributed by atoms with Crippen molar-refractivity contribution in [2.75, 3.05) is 18.0 Å². The molecule has 1 aromatic rings. The minimum Gasteiger partial charge on any atom is -0.481 e. The summed E-state index contributed by atoms with van der Waals surface area (Å²) in [6.45, 7) is 5.81. The molecule has 0 aliphatic carbocycles. The molecule has 0 bridgehead atoms. The molecule has 1 aliphatic rings. The lowest BCUT2D eigenvalue weighted by molar-refractivity contribution is -0.137. The van der Waals surface area contributed by atoms with Crippen LogP contribution in [0, 0.1) is 6.92 Å². The van der Waals surface area contributed by atoms with Crippen molar-refractivity contribution in [3.8, 4) is 0 Å². The van der Waals surface area contributed by atoms with Crippen LogP contribution in [-0.4, -0.2) is 36.2 Å². The number of aryl methyl sites for hydroxylation is 1. The average Bonchev–Trinajstić information content (AvgIpc) is 2.26. The van der Waals surface area contributed by atoms with Gasteiger partial charge in [0, 0.05) is 35.3 Å². The van der Waals surface area contributed by atoms with Gasteiger partial charge in [-0.3, -0.25) is 4.79 Å². The lowest BCUT2D eigenvalue weighted by Crippen LogP contribution is -2.56. The van der Waals surface area contributed by atoms with Crippen molar-refractivity contribution in [3.05, 3.63) is 28.2 Å². The van der Waals surface area contributed by atoms with E-state index in [1.165, 1.54) is 11.3 Å². The fourth-order valence-corrected chi connectivity index (χ4v) is 3.16. The van der Waals surface area contributed by atoms with Crippen LogP contribution in [0.2, 0.25) is 0 Å². The fourth-order valence-electron chi connectivity index (χ4n) is 2.68. The lowest BCUT2D eigenvalue weighted by Gasteiger charge is -2.39. The second kappa shape index (κ2) is 5.92. The monoisotopic (exact) mass is 326 g/mol. The highest BCUT2D eigenvalue weighted by Crippen LogP contribution is 2.25. The highest BCUT2D eigenvalue weighted by Gasteiger charge is 2.26. The van der Waals surface area contributed by atoms with E-state index in [1.807, 2.05) is 6.07 Å². The van der Waals surface area contributed by atoms with Crippen molar-refractivity contribution >= 4 is 27.6 Å². The van der Waals surface area contributed by atoms with Gasteiger partial charge in [0.25, 0.3) is 0 Å². The number of halogens is 1. The maximum absolute atomic E-state index is 10.9. The van der Waals surface area contributed by atoms with E-state index in [-0.39, 0.29) is 12.5 Å². The van der Waals surface area contributed by atoms with Crippen LogP contribution >= 0.6 is 15.9 Å². The molecule has 104 valence electrons. The van der Waals surface area contributed by atoms with Crippen LogP contribution in [0.15, 0.2) is 22.7 Å². The van der Waals surface area contributed by atoms with Gasteiger partial charge in [-0.25, -0.2) is 0 Å². The normalized spacial score (nSPS) is 23.4. The van der Waals surface area contributed by atoms with Crippen LogP contribution in [0.5, 0.6) is 0 Å². The third-order valence-electron chi connectivity index (χ3n) is 3.38. The molecule has 5 heteroatoms.